The fourth-order valence-corrected chi connectivity index (χ4v) is 5.94. The van der Waals surface area contributed by atoms with Crippen LogP contribution in [0.25, 0.3) is 55.7 Å². The second kappa shape index (κ2) is 8.97. The summed E-state index contributed by atoms with van der Waals surface area (Å²) in [6, 6.07) is 16.5. The maximum atomic E-state index is 12.6. The topological polar surface area (TPSA) is 99.4 Å². The smallest absolute Gasteiger partial charge is 0.227 e. The van der Waals surface area contributed by atoms with Crippen LogP contribution >= 0.6 is 11.3 Å². The molecular formula is C29H24N6OS. The van der Waals surface area contributed by atoms with Crippen LogP contribution in [0.5, 0.6) is 0 Å². The third kappa shape index (κ3) is 3.99. The largest absolute Gasteiger partial charge is 0.353 e. The van der Waals surface area contributed by atoms with E-state index >= 15 is 0 Å². The summed E-state index contributed by atoms with van der Waals surface area (Å²) in [5.74, 6) is 0.181. The molecule has 5 aromatic heterocycles. The van der Waals surface area contributed by atoms with Crippen LogP contribution in [0.2, 0.25) is 0 Å². The number of rotatable bonds is 5. The lowest BCUT2D eigenvalue weighted by molar-refractivity contribution is -0.119. The number of nitrogens with one attached hydrogen (secondary N) is 3. The SMILES string of the molecule is O=C(Nc1cncc(-c2ccc3[nH]nc(-c4cc5c(-c6ccsc6)cccc5[nH]4)c3n2)c1)C1CCCC1. The number of carbonyl (C=O) groups excluding carboxylic acids is 1. The van der Waals surface area contributed by atoms with E-state index in [1.165, 1.54) is 11.1 Å². The molecule has 5 heterocycles. The normalized spacial score (nSPS) is 14.1. The van der Waals surface area contributed by atoms with Crippen LogP contribution in [-0.4, -0.2) is 31.1 Å². The molecule has 0 unspecified atom stereocenters. The first-order chi connectivity index (χ1) is 18.2. The summed E-state index contributed by atoms with van der Waals surface area (Å²) in [5.41, 5.74) is 9.08. The molecule has 1 aliphatic carbocycles. The second-order valence-corrected chi connectivity index (χ2v) is 10.3. The predicted octanol–water partition coefficient (Wildman–Crippen LogP) is 7.03. The number of hydrogen-bond donors (Lipinski definition) is 3. The Kier molecular flexibility index (Phi) is 5.32. The summed E-state index contributed by atoms with van der Waals surface area (Å²) in [4.78, 5) is 25.5. The van der Waals surface area contributed by atoms with Gasteiger partial charge in [-0.2, -0.15) is 16.4 Å². The van der Waals surface area contributed by atoms with Crippen molar-refractivity contribution in [3.05, 3.63) is 71.7 Å². The molecule has 7 rings (SSSR count). The van der Waals surface area contributed by atoms with E-state index in [-0.39, 0.29) is 11.8 Å². The molecule has 37 heavy (non-hydrogen) atoms. The summed E-state index contributed by atoms with van der Waals surface area (Å²) in [7, 11) is 0. The molecule has 1 aromatic carbocycles. The lowest BCUT2D eigenvalue weighted by atomic mass is 10.0. The number of anilines is 1. The highest BCUT2D eigenvalue weighted by molar-refractivity contribution is 7.08. The van der Waals surface area contributed by atoms with Gasteiger partial charge in [-0.1, -0.05) is 25.0 Å². The fraction of sp³-hybridized carbons (Fsp3) is 0.172. The van der Waals surface area contributed by atoms with E-state index in [1.807, 2.05) is 18.2 Å². The van der Waals surface area contributed by atoms with Crippen molar-refractivity contribution >= 4 is 44.9 Å². The van der Waals surface area contributed by atoms with Gasteiger partial charge in [-0.25, -0.2) is 4.98 Å². The van der Waals surface area contributed by atoms with Crippen molar-refractivity contribution in [1.29, 1.82) is 0 Å². The molecule has 182 valence electrons. The quantitative estimate of drug-likeness (QED) is 0.235. The molecule has 3 N–H and O–H groups in total. The molecule has 1 aliphatic rings. The molecule has 0 saturated heterocycles. The number of aromatic nitrogens is 5. The van der Waals surface area contributed by atoms with E-state index < -0.39 is 0 Å². The maximum absolute atomic E-state index is 12.6. The van der Waals surface area contributed by atoms with Crippen LogP contribution in [-0.2, 0) is 4.79 Å². The number of benzene rings is 1. The predicted molar refractivity (Wildman–Crippen MR) is 148 cm³/mol. The number of fused-ring (bicyclic) bond motifs is 2. The fourth-order valence-electron chi connectivity index (χ4n) is 5.28. The highest BCUT2D eigenvalue weighted by Gasteiger charge is 2.23. The lowest BCUT2D eigenvalue weighted by Crippen LogP contribution is -2.20. The Hall–Kier alpha value is -4.30. The van der Waals surface area contributed by atoms with Crippen molar-refractivity contribution in [3.8, 4) is 33.8 Å². The van der Waals surface area contributed by atoms with Gasteiger partial charge in [-0.3, -0.25) is 14.9 Å². The zero-order valence-corrected chi connectivity index (χ0v) is 20.8. The van der Waals surface area contributed by atoms with Crippen LogP contribution in [0.15, 0.2) is 71.7 Å². The van der Waals surface area contributed by atoms with Gasteiger partial charge >= 0.3 is 0 Å². The molecule has 1 fully saturated rings. The van der Waals surface area contributed by atoms with E-state index in [1.54, 1.807) is 23.7 Å². The monoisotopic (exact) mass is 504 g/mol. The van der Waals surface area contributed by atoms with Gasteiger partial charge in [0.15, 0.2) is 0 Å². The molecule has 8 heteroatoms. The molecule has 0 spiro atoms. The van der Waals surface area contributed by atoms with E-state index in [4.69, 9.17) is 4.98 Å². The van der Waals surface area contributed by atoms with E-state index in [9.17, 15) is 4.79 Å². The number of thiophene rings is 1. The summed E-state index contributed by atoms with van der Waals surface area (Å²) in [6.45, 7) is 0. The third-order valence-electron chi connectivity index (χ3n) is 7.19. The molecule has 0 aliphatic heterocycles. The zero-order chi connectivity index (χ0) is 24.8. The Balaban J connectivity index is 1.25. The van der Waals surface area contributed by atoms with Gasteiger partial charge in [-0.05, 0) is 71.1 Å². The van der Waals surface area contributed by atoms with Gasteiger partial charge in [-0.15, -0.1) is 0 Å². The van der Waals surface area contributed by atoms with E-state index in [0.29, 0.717) is 5.69 Å². The Labute approximate surface area is 217 Å². The van der Waals surface area contributed by atoms with Crippen molar-refractivity contribution in [2.45, 2.75) is 25.7 Å². The Morgan fingerprint density at radius 3 is 2.78 bits per heavy atom. The first-order valence-electron chi connectivity index (χ1n) is 12.5. The Morgan fingerprint density at radius 2 is 1.92 bits per heavy atom. The number of carbonyl (C=O) groups is 1. The van der Waals surface area contributed by atoms with Crippen molar-refractivity contribution in [2.24, 2.45) is 5.92 Å². The molecule has 1 saturated carbocycles. The minimum Gasteiger partial charge on any atom is -0.353 e. The molecule has 0 atom stereocenters. The van der Waals surface area contributed by atoms with Crippen LogP contribution < -0.4 is 5.32 Å². The van der Waals surface area contributed by atoms with E-state index in [2.05, 4.69) is 66.6 Å². The summed E-state index contributed by atoms with van der Waals surface area (Å²) >= 11 is 1.69. The molecule has 6 aromatic rings. The third-order valence-corrected chi connectivity index (χ3v) is 7.87. The zero-order valence-electron chi connectivity index (χ0n) is 20.0. The number of pyridine rings is 2. The first kappa shape index (κ1) is 21.9. The summed E-state index contributed by atoms with van der Waals surface area (Å²) < 4.78 is 0. The average Bonchev–Trinajstić information content (AvgIpc) is 3.74. The van der Waals surface area contributed by atoms with Gasteiger partial charge in [0.2, 0.25) is 5.91 Å². The van der Waals surface area contributed by atoms with Gasteiger partial charge in [0, 0.05) is 28.6 Å². The van der Waals surface area contributed by atoms with Crippen molar-refractivity contribution in [2.75, 3.05) is 5.32 Å². The highest BCUT2D eigenvalue weighted by Crippen LogP contribution is 2.35. The van der Waals surface area contributed by atoms with Gasteiger partial charge in [0.05, 0.1) is 28.8 Å². The van der Waals surface area contributed by atoms with Crippen LogP contribution in [0.4, 0.5) is 5.69 Å². The van der Waals surface area contributed by atoms with Crippen molar-refractivity contribution in [3.63, 3.8) is 0 Å². The first-order valence-corrected chi connectivity index (χ1v) is 13.4. The Bertz CT molecular complexity index is 1740. The molecule has 0 bridgehead atoms. The van der Waals surface area contributed by atoms with Gasteiger partial charge < -0.3 is 10.3 Å². The number of aromatic amines is 2. The lowest BCUT2D eigenvalue weighted by Gasteiger charge is -2.11. The average molecular weight is 505 g/mol. The van der Waals surface area contributed by atoms with Crippen molar-refractivity contribution in [1.82, 2.24) is 25.1 Å². The van der Waals surface area contributed by atoms with Crippen molar-refractivity contribution < 1.29 is 4.79 Å². The molecule has 7 nitrogen and oxygen atoms in total. The number of amides is 1. The minimum atomic E-state index is 0.0811. The van der Waals surface area contributed by atoms with Crippen LogP contribution in [0, 0.1) is 5.92 Å². The number of nitrogens with zero attached hydrogens (tertiary/aromatic N) is 3. The number of hydrogen-bond acceptors (Lipinski definition) is 5. The second-order valence-electron chi connectivity index (χ2n) is 9.56. The van der Waals surface area contributed by atoms with Crippen LogP contribution in [0.1, 0.15) is 25.7 Å². The number of H-pyrrole nitrogens is 2. The molecule has 0 radical (unpaired) electrons. The standard InChI is InChI=1S/C29H24N6OS/c36-29(17-4-1-2-5-17)31-20-12-19(14-30-15-20)23-8-9-25-27(33-23)28(35-34-25)26-13-22-21(18-10-11-37-16-18)6-3-7-24(22)32-26/h3,6-17,32H,1-2,4-5H2,(H,31,36)(H,34,35). The summed E-state index contributed by atoms with van der Waals surface area (Å²) in [5, 5.41) is 16.2. The van der Waals surface area contributed by atoms with E-state index in [0.717, 1.165) is 70.3 Å². The minimum absolute atomic E-state index is 0.0811. The van der Waals surface area contributed by atoms with Crippen LogP contribution in [0.3, 0.4) is 0 Å². The maximum Gasteiger partial charge on any atom is 0.227 e. The van der Waals surface area contributed by atoms with Gasteiger partial charge in [0.1, 0.15) is 11.2 Å². The molecule has 1 amide bonds. The van der Waals surface area contributed by atoms with Gasteiger partial charge in [0.25, 0.3) is 0 Å². The highest BCUT2D eigenvalue weighted by atomic mass is 32.1. The Morgan fingerprint density at radius 1 is 1.00 bits per heavy atom. The summed E-state index contributed by atoms with van der Waals surface area (Å²) in [6.07, 6.45) is 7.63. The molecular weight excluding hydrogens is 480 g/mol.